The van der Waals surface area contributed by atoms with Crippen LogP contribution in [0.2, 0.25) is 0 Å². The van der Waals surface area contributed by atoms with Gasteiger partial charge < -0.3 is 20.7 Å². The molecule has 19 heavy (non-hydrogen) atoms. The van der Waals surface area contributed by atoms with E-state index in [2.05, 4.69) is 12.1 Å². The number of likely N-dealkylation sites (tertiary alicyclic amines) is 1. The number of carbonyl (C=O) groups is 1. The van der Waals surface area contributed by atoms with Gasteiger partial charge in [0.25, 0.3) is 0 Å². The fraction of sp³-hybridized carbons (Fsp3) is 0.846. The van der Waals surface area contributed by atoms with Gasteiger partial charge in [-0.25, -0.2) is 4.79 Å². The Morgan fingerprint density at radius 2 is 2.32 bits per heavy atom. The summed E-state index contributed by atoms with van der Waals surface area (Å²) in [6, 6.07) is 0.0617. The number of nitrogens with zero attached hydrogens (tertiary/aromatic N) is 3. The lowest BCUT2D eigenvalue weighted by Crippen LogP contribution is -2.49. The molecule has 0 bridgehead atoms. The second-order valence-electron chi connectivity index (χ2n) is 5.44. The van der Waals surface area contributed by atoms with E-state index in [1.54, 1.807) is 4.90 Å². The first-order chi connectivity index (χ1) is 8.99. The van der Waals surface area contributed by atoms with Gasteiger partial charge in [0.1, 0.15) is 5.84 Å². The minimum atomic E-state index is -0.142. The molecule has 1 fully saturated rings. The van der Waals surface area contributed by atoms with Crippen molar-refractivity contribution in [3.8, 4) is 0 Å². The van der Waals surface area contributed by atoms with E-state index in [0.717, 1.165) is 19.5 Å². The summed E-state index contributed by atoms with van der Waals surface area (Å²) in [5.74, 6) is 0.590. The van der Waals surface area contributed by atoms with Gasteiger partial charge in [-0.1, -0.05) is 19.0 Å². The molecule has 0 aromatic rings. The van der Waals surface area contributed by atoms with Crippen molar-refractivity contribution in [2.75, 3.05) is 26.2 Å². The number of carbonyl (C=O) groups excluding carboxylic acids is 1. The highest BCUT2D eigenvalue weighted by molar-refractivity contribution is 5.83. The third kappa shape index (κ3) is 4.29. The Labute approximate surface area is 115 Å². The average molecular weight is 270 g/mol. The van der Waals surface area contributed by atoms with Gasteiger partial charge in [-0.15, -0.1) is 0 Å². The molecule has 0 saturated carbocycles. The van der Waals surface area contributed by atoms with Crippen LogP contribution in [0, 0.1) is 11.8 Å². The molecule has 1 aliphatic rings. The van der Waals surface area contributed by atoms with Gasteiger partial charge in [-0.05, 0) is 25.7 Å². The maximum absolute atomic E-state index is 12.4. The summed E-state index contributed by atoms with van der Waals surface area (Å²) in [5, 5.41) is 11.7. The van der Waals surface area contributed by atoms with E-state index >= 15 is 0 Å². The fourth-order valence-electron chi connectivity index (χ4n) is 2.43. The van der Waals surface area contributed by atoms with Crippen LogP contribution in [0.5, 0.6) is 0 Å². The molecule has 6 heteroatoms. The van der Waals surface area contributed by atoms with Crippen LogP contribution in [-0.4, -0.2) is 53.1 Å². The first-order valence-corrected chi connectivity index (χ1v) is 7.00. The normalized spacial score (nSPS) is 22.2. The molecule has 0 aromatic carbocycles. The zero-order valence-electron chi connectivity index (χ0n) is 12.2. The third-order valence-corrected chi connectivity index (χ3v) is 3.69. The first-order valence-electron chi connectivity index (χ1n) is 7.00. The Morgan fingerprint density at radius 1 is 1.63 bits per heavy atom. The van der Waals surface area contributed by atoms with Crippen molar-refractivity contribution >= 4 is 11.9 Å². The van der Waals surface area contributed by atoms with Gasteiger partial charge in [0.2, 0.25) is 0 Å². The molecule has 2 unspecified atom stereocenters. The molecule has 0 spiro atoms. The molecule has 2 atom stereocenters. The van der Waals surface area contributed by atoms with Crippen molar-refractivity contribution in [2.24, 2.45) is 22.7 Å². The van der Waals surface area contributed by atoms with Crippen molar-refractivity contribution in [2.45, 2.75) is 33.6 Å². The smallest absolute Gasteiger partial charge is 0.320 e. The number of hydrogen-bond donors (Lipinski definition) is 2. The summed E-state index contributed by atoms with van der Waals surface area (Å²) in [7, 11) is 0. The molecule has 1 aliphatic heterocycles. The van der Waals surface area contributed by atoms with E-state index in [9.17, 15) is 4.79 Å². The van der Waals surface area contributed by atoms with Crippen LogP contribution in [0.1, 0.15) is 33.6 Å². The van der Waals surface area contributed by atoms with Crippen molar-refractivity contribution in [1.29, 1.82) is 0 Å². The van der Waals surface area contributed by atoms with Crippen LogP contribution in [0.3, 0.4) is 0 Å². The van der Waals surface area contributed by atoms with Crippen LogP contribution in [-0.2, 0) is 0 Å². The number of nitrogens with two attached hydrogens (primary N) is 1. The minimum absolute atomic E-state index is 0.0617. The Balaban J connectivity index is 2.60. The van der Waals surface area contributed by atoms with E-state index in [1.807, 2.05) is 18.7 Å². The van der Waals surface area contributed by atoms with Gasteiger partial charge >= 0.3 is 6.03 Å². The standard InChI is InChI=1S/C13H26N4O2/c1-4-16(9-11(3)12(14)15-19)13(18)17-7-5-6-10(2)8-17/h10-11,19H,4-9H2,1-3H3,(H2,14,15). The minimum Gasteiger partial charge on any atom is -0.409 e. The number of amidine groups is 1. The summed E-state index contributed by atoms with van der Waals surface area (Å²) in [5.41, 5.74) is 5.57. The molecule has 6 nitrogen and oxygen atoms in total. The molecule has 0 aromatic heterocycles. The van der Waals surface area contributed by atoms with Crippen molar-refractivity contribution in [3.63, 3.8) is 0 Å². The molecule has 0 radical (unpaired) electrons. The molecule has 1 rings (SSSR count). The first kappa shape index (κ1) is 15.6. The second-order valence-corrected chi connectivity index (χ2v) is 5.44. The number of piperidine rings is 1. The van der Waals surface area contributed by atoms with Gasteiger partial charge in [0.15, 0.2) is 0 Å². The van der Waals surface area contributed by atoms with Crippen molar-refractivity contribution in [3.05, 3.63) is 0 Å². The SMILES string of the molecule is CCN(CC(C)C(N)=NO)C(=O)N1CCCC(C)C1. The second kappa shape index (κ2) is 7.21. The van der Waals surface area contributed by atoms with Gasteiger partial charge in [0.05, 0.1) is 0 Å². The van der Waals surface area contributed by atoms with Crippen molar-refractivity contribution < 1.29 is 10.0 Å². The van der Waals surface area contributed by atoms with Gasteiger partial charge in [-0.2, -0.15) is 0 Å². The molecule has 3 N–H and O–H groups in total. The fourth-order valence-corrected chi connectivity index (χ4v) is 2.43. The van der Waals surface area contributed by atoms with Crippen LogP contribution < -0.4 is 5.73 Å². The quantitative estimate of drug-likeness (QED) is 0.352. The van der Waals surface area contributed by atoms with E-state index in [4.69, 9.17) is 10.9 Å². The van der Waals surface area contributed by atoms with Gasteiger partial charge in [-0.3, -0.25) is 0 Å². The van der Waals surface area contributed by atoms with Crippen molar-refractivity contribution in [1.82, 2.24) is 9.80 Å². The predicted molar refractivity (Wildman–Crippen MR) is 75.2 cm³/mol. The summed E-state index contributed by atoms with van der Waals surface area (Å²) in [4.78, 5) is 16.1. The van der Waals surface area contributed by atoms with E-state index < -0.39 is 0 Å². The lowest BCUT2D eigenvalue weighted by atomic mass is 10.0. The molecule has 0 aliphatic carbocycles. The maximum Gasteiger partial charge on any atom is 0.320 e. The van der Waals surface area contributed by atoms with E-state index in [0.29, 0.717) is 19.0 Å². The lowest BCUT2D eigenvalue weighted by molar-refractivity contribution is 0.130. The number of amides is 2. The van der Waals surface area contributed by atoms with Gasteiger partial charge in [0, 0.05) is 32.1 Å². The highest BCUT2D eigenvalue weighted by Crippen LogP contribution is 2.17. The number of oxime groups is 1. The zero-order chi connectivity index (χ0) is 14.4. The Morgan fingerprint density at radius 3 is 2.84 bits per heavy atom. The Hall–Kier alpha value is -1.46. The molecular formula is C13H26N4O2. The third-order valence-electron chi connectivity index (χ3n) is 3.69. The molecule has 1 heterocycles. The summed E-state index contributed by atoms with van der Waals surface area (Å²) < 4.78 is 0. The Bertz CT molecular complexity index is 333. The van der Waals surface area contributed by atoms with Crippen LogP contribution in [0.4, 0.5) is 4.79 Å². The lowest BCUT2D eigenvalue weighted by Gasteiger charge is -2.35. The summed E-state index contributed by atoms with van der Waals surface area (Å²) in [6.07, 6.45) is 2.26. The van der Waals surface area contributed by atoms with E-state index in [1.165, 1.54) is 6.42 Å². The summed E-state index contributed by atoms with van der Waals surface area (Å²) >= 11 is 0. The number of hydrogen-bond acceptors (Lipinski definition) is 3. The number of urea groups is 1. The largest absolute Gasteiger partial charge is 0.409 e. The molecule has 110 valence electrons. The van der Waals surface area contributed by atoms with Crippen LogP contribution in [0.15, 0.2) is 5.16 Å². The maximum atomic E-state index is 12.4. The zero-order valence-corrected chi connectivity index (χ0v) is 12.2. The highest BCUT2D eigenvalue weighted by Gasteiger charge is 2.26. The summed E-state index contributed by atoms with van der Waals surface area (Å²) in [6.45, 7) is 8.75. The average Bonchev–Trinajstić information content (AvgIpc) is 2.42. The Kier molecular flexibility index (Phi) is 5.92. The topological polar surface area (TPSA) is 82.2 Å². The van der Waals surface area contributed by atoms with E-state index in [-0.39, 0.29) is 17.8 Å². The molecular weight excluding hydrogens is 244 g/mol. The number of rotatable bonds is 4. The molecule has 2 amide bonds. The predicted octanol–water partition coefficient (Wildman–Crippen LogP) is 1.54. The van der Waals surface area contributed by atoms with Crippen LogP contribution >= 0.6 is 0 Å². The molecule has 1 saturated heterocycles. The highest BCUT2D eigenvalue weighted by atomic mass is 16.4. The monoisotopic (exact) mass is 270 g/mol. The van der Waals surface area contributed by atoms with Crippen LogP contribution in [0.25, 0.3) is 0 Å².